The minimum absolute atomic E-state index is 0.00808. The number of fused-ring (bicyclic) bond motifs is 6. The number of pyridine rings is 2. The molecule has 416 valence electrons. The Balaban J connectivity index is 0.000000148. The van der Waals surface area contributed by atoms with Crippen LogP contribution in [0.15, 0.2) is 73.3 Å². The largest absolute Gasteiger partial charge is 0.492 e. The maximum absolute atomic E-state index is 15.1. The van der Waals surface area contributed by atoms with E-state index in [1.54, 1.807) is 36.7 Å². The number of halogens is 5. The van der Waals surface area contributed by atoms with Gasteiger partial charge in [-0.2, -0.15) is 0 Å². The van der Waals surface area contributed by atoms with Crippen molar-refractivity contribution in [3.05, 3.63) is 114 Å². The van der Waals surface area contributed by atoms with Gasteiger partial charge in [0, 0.05) is 35.0 Å². The van der Waals surface area contributed by atoms with Crippen LogP contribution in [0.4, 0.5) is 35.1 Å². The van der Waals surface area contributed by atoms with Crippen LogP contribution in [0.3, 0.4) is 0 Å². The first-order chi connectivity index (χ1) is 37.9. The Morgan fingerprint density at radius 2 is 1.08 bits per heavy atom. The maximum Gasteiger partial charge on any atom is 0.229 e. The van der Waals surface area contributed by atoms with Crippen molar-refractivity contribution in [2.24, 2.45) is 11.8 Å². The number of benzene rings is 2. The third kappa shape index (κ3) is 12.4. The van der Waals surface area contributed by atoms with E-state index in [2.05, 4.69) is 101 Å². The van der Waals surface area contributed by atoms with E-state index < -0.39 is 23.3 Å². The standard InChI is InChI=1S/C29H33F2N7O.C16H13ClF2N4.C13H21N3O/c1-4-37-11-8-18(9-12-37)17-39-20-5-6-24(32-15-20)34-28-33-16-22(31)26(36-28)19-13-21(30)27-23(14-19)38-25(35-27)7-10-29(38,2)3;1-16(2)4-3-12-21-14-9(18)5-8(6-11(14)23(12)16)13-10(19)7-20-15(17)22-13;1-2-16-7-5-11(6-8-16)10-17-12-3-4-13(14)15-9-12/h5-6,13-16,18H,4,7-12,17H2,1-3H3,(H,32,33,34,36);5-7H,3-4H2,1-2H3;3-4,9,11H,2,5-8,10H2,1H3,(H2,14,15). The highest BCUT2D eigenvalue weighted by Crippen LogP contribution is 2.40. The molecule has 6 aromatic heterocycles. The Hall–Kier alpha value is -7.03. The summed E-state index contributed by atoms with van der Waals surface area (Å²) in [7, 11) is 0. The number of ether oxygens (including phenoxy) is 2. The normalized spacial score (nSPS) is 17.2. The summed E-state index contributed by atoms with van der Waals surface area (Å²) >= 11 is 5.74. The van der Waals surface area contributed by atoms with E-state index in [1.165, 1.54) is 38.1 Å². The van der Waals surface area contributed by atoms with Crippen molar-refractivity contribution in [2.45, 2.75) is 104 Å². The van der Waals surface area contributed by atoms with Gasteiger partial charge in [-0.3, -0.25) is 0 Å². The van der Waals surface area contributed by atoms with Crippen molar-refractivity contribution in [3.63, 3.8) is 0 Å². The molecule has 0 amide bonds. The van der Waals surface area contributed by atoms with Crippen LogP contribution in [0, 0.1) is 35.1 Å². The summed E-state index contributed by atoms with van der Waals surface area (Å²) in [6, 6.07) is 13.2. The summed E-state index contributed by atoms with van der Waals surface area (Å²) in [6.45, 7) is 21.1. The molecule has 8 aromatic rings. The number of imidazole rings is 2. The fraction of sp³-hybridized carbons (Fsp3) is 0.448. The predicted octanol–water partition coefficient (Wildman–Crippen LogP) is 11.6. The van der Waals surface area contributed by atoms with Gasteiger partial charge < -0.3 is 39.5 Å². The monoisotopic (exact) mass is 1100 g/mol. The number of nitrogens with two attached hydrogens (primary N) is 1. The van der Waals surface area contributed by atoms with E-state index in [-0.39, 0.29) is 33.7 Å². The number of anilines is 3. The van der Waals surface area contributed by atoms with Crippen LogP contribution in [0.5, 0.6) is 11.5 Å². The highest BCUT2D eigenvalue weighted by molar-refractivity contribution is 6.28. The van der Waals surface area contributed by atoms with E-state index in [1.807, 2.05) is 16.7 Å². The number of piperidine rings is 2. The molecule has 10 heterocycles. The third-order valence-corrected chi connectivity index (χ3v) is 15.9. The number of rotatable bonds is 12. The number of nitrogens with zero attached hydrogens (tertiary/aromatic N) is 12. The van der Waals surface area contributed by atoms with Crippen LogP contribution >= 0.6 is 11.6 Å². The average Bonchev–Trinajstić information content (AvgIpc) is 4.28. The molecular weight excluding hydrogens is 1040 g/mol. The summed E-state index contributed by atoms with van der Waals surface area (Å²) in [5.41, 5.74) is 7.70. The van der Waals surface area contributed by atoms with Gasteiger partial charge in [-0.25, -0.2) is 57.4 Å². The zero-order chi connectivity index (χ0) is 55.6. The summed E-state index contributed by atoms with van der Waals surface area (Å²) in [5, 5.41) is 2.93. The molecule has 4 aliphatic heterocycles. The van der Waals surface area contributed by atoms with Crippen molar-refractivity contribution >= 4 is 51.3 Å². The topological polar surface area (TPSA) is 176 Å². The lowest BCUT2D eigenvalue weighted by atomic mass is 9.98. The highest BCUT2D eigenvalue weighted by Gasteiger charge is 2.35. The molecule has 0 atom stereocenters. The lowest BCUT2D eigenvalue weighted by Crippen LogP contribution is -2.35. The Morgan fingerprint density at radius 1 is 0.595 bits per heavy atom. The van der Waals surface area contributed by atoms with Crippen molar-refractivity contribution in [2.75, 3.05) is 63.5 Å². The molecule has 2 fully saturated rings. The van der Waals surface area contributed by atoms with Gasteiger partial charge in [-0.1, -0.05) is 13.8 Å². The van der Waals surface area contributed by atoms with E-state index in [0.717, 1.165) is 101 Å². The second kappa shape index (κ2) is 23.4. The molecule has 0 radical (unpaired) electrons. The van der Waals surface area contributed by atoms with Crippen molar-refractivity contribution in [1.29, 1.82) is 0 Å². The van der Waals surface area contributed by atoms with Crippen LogP contribution in [0.25, 0.3) is 44.6 Å². The Labute approximate surface area is 462 Å². The summed E-state index contributed by atoms with van der Waals surface area (Å²) < 4.78 is 74.2. The van der Waals surface area contributed by atoms with Gasteiger partial charge in [0.15, 0.2) is 23.3 Å². The van der Waals surface area contributed by atoms with Gasteiger partial charge in [0.2, 0.25) is 11.2 Å². The van der Waals surface area contributed by atoms with Crippen molar-refractivity contribution in [1.82, 2.24) is 58.8 Å². The van der Waals surface area contributed by atoms with Gasteiger partial charge in [0.1, 0.15) is 57.2 Å². The predicted molar refractivity (Wildman–Crippen MR) is 298 cm³/mol. The minimum atomic E-state index is -0.645. The van der Waals surface area contributed by atoms with Crippen LogP contribution in [0.1, 0.15) is 91.7 Å². The SMILES string of the molecule is CC1(C)CCc2nc3c(F)cc(-c4nc(Cl)ncc4F)cc3n21.CCN1CCC(COc2ccc(N)nc2)CC1.CCN1CCC(COc2ccc(Nc3ncc(F)c(-c4cc(F)c5nc6n(c5c4)C(C)(C)CC6)n3)nc2)CC1. The zero-order valence-corrected chi connectivity index (χ0v) is 46.3. The van der Waals surface area contributed by atoms with Crippen molar-refractivity contribution < 1.29 is 27.0 Å². The van der Waals surface area contributed by atoms with E-state index in [4.69, 9.17) is 26.8 Å². The molecule has 16 nitrogen and oxygen atoms in total. The number of hydrogen-bond acceptors (Lipinski definition) is 14. The Kier molecular flexibility index (Phi) is 16.3. The molecular formula is C58H67ClF4N14O2. The van der Waals surface area contributed by atoms with Gasteiger partial charge in [0.05, 0.1) is 49.0 Å². The van der Waals surface area contributed by atoms with E-state index >= 15 is 4.39 Å². The molecule has 0 unspecified atom stereocenters. The minimum Gasteiger partial charge on any atom is -0.492 e. The fourth-order valence-electron chi connectivity index (χ4n) is 11.1. The molecule has 21 heteroatoms. The van der Waals surface area contributed by atoms with Crippen LogP contribution in [-0.2, 0) is 23.9 Å². The van der Waals surface area contributed by atoms with Crippen molar-refractivity contribution in [3.8, 4) is 34.0 Å². The van der Waals surface area contributed by atoms with Crippen LogP contribution in [-0.4, -0.2) is 111 Å². The van der Waals surface area contributed by atoms with Gasteiger partial charge in [-0.15, -0.1) is 0 Å². The van der Waals surface area contributed by atoms with Crippen LogP contribution < -0.4 is 20.5 Å². The first kappa shape index (κ1) is 55.3. The first-order valence-electron chi connectivity index (χ1n) is 27.2. The van der Waals surface area contributed by atoms with Gasteiger partial charge in [-0.05, 0) is 177 Å². The first-order valence-corrected chi connectivity index (χ1v) is 27.6. The molecule has 79 heavy (non-hydrogen) atoms. The summed E-state index contributed by atoms with van der Waals surface area (Å²) in [6.07, 6.45) is 13.6. The Morgan fingerprint density at radius 3 is 1.54 bits per heavy atom. The van der Waals surface area contributed by atoms with Gasteiger partial charge in [0.25, 0.3) is 0 Å². The summed E-state index contributed by atoms with van der Waals surface area (Å²) in [5.74, 6) is 3.35. The zero-order valence-electron chi connectivity index (χ0n) is 45.5. The number of nitrogen functional groups attached to an aromatic ring is 1. The molecule has 0 saturated carbocycles. The summed E-state index contributed by atoms with van der Waals surface area (Å²) in [4.78, 5) is 38.2. The number of likely N-dealkylation sites (tertiary alicyclic amines) is 2. The molecule has 0 aliphatic carbocycles. The van der Waals surface area contributed by atoms with Crippen LogP contribution in [0.2, 0.25) is 5.28 Å². The second-order valence-corrected chi connectivity index (χ2v) is 22.4. The molecule has 2 aromatic carbocycles. The molecule has 2 saturated heterocycles. The van der Waals surface area contributed by atoms with E-state index in [0.29, 0.717) is 69.0 Å². The quantitative estimate of drug-likeness (QED) is 0.0873. The lowest BCUT2D eigenvalue weighted by molar-refractivity contribution is 0.145. The molecule has 3 N–H and O–H groups in total. The fourth-order valence-corrected chi connectivity index (χ4v) is 11.2. The molecule has 4 aliphatic rings. The number of aromatic nitrogens is 10. The highest BCUT2D eigenvalue weighted by atomic mass is 35.5. The number of hydrogen-bond donors (Lipinski definition) is 2. The maximum atomic E-state index is 15.1. The lowest BCUT2D eigenvalue weighted by Gasteiger charge is -2.30. The second-order valence-electron chi connectivity index (χ2n) is 22.0. The Bertz CT molecular complexity index is 3430. The van der Waals surface area contributed by atoms with E-state index in [9.17, 15) is 13.2 Å². The molecule has 12 rings (SSSR count). The molecule has 0 spiro atoms. The third-order valence-electron chi connectivity index (χ3n) is 15.7. The average molecular weight is 1100 g/mol. The number of aryl methyl sites for hydroxylation is 2. The van der Waals surface area contributed by atoms with Gasteiger partial charge >= 0.3 is 0 Å². The smallest absolute Gasteiger partial charge is 0.229 e. The number of nitrogens with one attached hydrogen (secondary N) is 1. The molecule has 0 bridgehead atoms.